The summed E-state index contributed by atoms with van der Waals surface area (Å²) in [5, 5.41) is 13.8. The molecule has 0 aliphatic rings. The molecule has 0 aromatic heterocycles. The molecule has 1 aromatic rings. The molecule has 0 saturated heterocycles. The summed E-state index contributed by atoms with van der Waals surface area (Å²) in [4.78, 5) is 22.7. The molecule has 0 bridgehead atoms. The maximum absolute atomic E-state index is 13.6. The molecule has 0 fully saturated rings. The van der Waals surface area contributed by atoms with E-state index in [0.29, 0.717) is 12.5 Å². The quantitative estimate of drug-likeness (QED) is 0.750. The van der Waals surface area contributed by atoms with Gasteiger partial charge in [-0.15, -0.1) is 0 Å². The van der Waals surface area contributed by atoms with Gasteiger partial charge < -0.3 is 15.7 Å². The SMILES string of the molecule is CCC(CC)CNC(=O)Nc1c(F)cccc1C(=O)O. The molecule has 0 saturated carbocycles. The van der Waals surface area contributed by atoms with Gasteiger partial charge in [0.25, 0.3) is 0 Å². The number of urea groups is 1. The van der Waals surface area contributed by atoms with E-state index in [2.05, 4.69) is 10.6 Å². The topological polar surface area (TPSA) is 78.4 Å². The fourth-order valence-electron chi connectivity index (χ4n) is 1.80. The predicted molar refractivity (Wildman–Crippen MR) is 74.5 cm³/mol. The number of anilines is 1. The van der Waals surface area contributed by atoms with Crippen molar-refractivity contribution in [2.24, 2.45) is 5.92 Å². The third kappa shape index (κ3) is 4.22. The van der Waals surface area contributed by atoms with Gasteiger partial charge in [0.05, 0.1) is 11.3 Å². The number of carbonyl (C=O) groups excluding carboxylic acids is 1. The Hall–Kier alpha value is -2.11. The summed E-state index contributed by atoms with van der Waals surface area (Å²) in [5.41, 5.74) is -0.593. The maximum atomic E-state index is 13.6. The summed E-state index contributed by atoms with van der Waals surface area (Å²) in [6.07, 6.45) is 1.85. The largest absolute Gasteiger partial charge is 0.478 e. The van der Waals surface area contributed by atoms with Crippen molar-refractivity contribution in [3.8, 4) is 0 Å². The Balaban J connectivity index is 2.73. The highest BCUT2D eigenvalue weighted by Crippen LogP contribution is 2.19. The van der Waals surface area contributed by atoms with Crippen LogP contribution in [0.3, 0.4) is 0 Å². The van der Waals surface area contributed by atoms with Gasteiger partial charge in [0.15, 0.2) is 0 Å². The molecule has 0 aliphatic heterocycles. The first-order valence-electron chi connectivity index (χ1n) is 6.56. The molecule has 20 heavy (non-hydrogen) atoms. The van der Waals surface area contributed by atoms with E-state index in [4.69, 9.17) is 5.11 Å². The van der Waals surface area contributed by atoms with Gasteiger partial charge in [-0.05, 0) is 18.1 Å². The standard InChI is InChI=1S/C14H19FN2O3/c1-3-9(4-2)8-16-14(20)17-12-10(13(18)19)6-5-7-11(12)15/h5-7,9H,3-4,8H2,1-2H3,(H,18,19)(H2,16,17,20). The Bertz CT molecular complexity index is 487. The van der Waals surface area contributed by atoms with E-state index in [1.165, 1.54) is 12.1 Å². The van der Waals surface area contributed by atoms with Crippen molar-refractivity contribution in [3.63, 3.8) is 0 Å². The number of carbonyl (C=O) groups is 2. The van der Waals surface area contributed by atoms with Crippen LogP contribution in [0.2, 0.25) is 0 Å². The van der Waals surface area contributed by atoms with E-state index in [-0.39, 0.29) is 11.3 Å². The summed E-state index contributed by atoms with van der Waals surface area (Å²) < 4.78 is 13.6. The molecule has 1 aromatic carbocycles. The van der Waals surface area contributed by atoms with Crippen molar-refractivity contribution in [2.75, 3.05) is 11.9 Å². The number of carboxylic acid groups (broad SMARTS) is 1. The van der Waals surface area contributed by atoms with Crippen LogP contribution in [0.15, 0.2) is 18.2 Å². The molecule has 3 N–H and O–H groups in total. The van der Waals surface area contributed by atoms with Gasteiger partial charge in [-0.1, -0.05) is 32.8 Å². The molecule has 0 aliphatic carbocycles. The van der Waals surface area contributed by atoms with Crippen molar-refractivity contribution in [2.45, 2.75) is 26.7 Å². The highest BCUT2D eigenvalue weighted by atomic mass is 19.1. The number of halogens is 1. The first-order chi connectivity index (χ1) is 9.49. The molecule has 6 heteroatoms. The minimum Gasteiger partial charge on any atom is -0.478 e. The molecule has 0 atom stereocenters. The zero-order chi connectivity index (χ0) is 15.1. The average molecular weight is 282 g/mol. The Labute approximate surface area is 117 Å². The smallest absolute Gasteiger partial charge is 0.337 e. The van der Waals surface area contributed by atoms with Crippen LogP contribution in [0, 0.1) is 11.7 Å². The monoisotopic (exact) mass is 282 g/mol. The summed E-state index contributed by atoms with van der Waals surface area (Å²) in [6, 6.07) is 3.02. The zero-order valence-electron chi connectivity index (χ0n) is 11.6. The van der Waals surface area contributed by atoms with Crippen molar-refractivity contribution >= 4 is 17.7 Å². The van der Waals surface area contributed by atoms with Gasteiger partial charge in [0.1, 0.15) is 5.82 Å². The Kier molecular flexibility index (Phi) is 5.96. The van der Waals surface area contributed by atoms with Gasteiger partial charge in [0.2, 0.25) is 0 Å². The van der Waals surface area contributed by atoms with Crippen LogP contribution >= 0.6 is 0 Å². The maximum Gasteiger partial charge on any atom is 0.337 e. The van der Waals surface area contributed by atoms with Gasteiger partial charge in [-0.3, -0.25) is 0 Å². The molecule has 0 radical (unpaired) electrons. The number of hydrogen-bond acceptors (Lipinski definition) is 2. The number of nitrogens with one attached hydrogen (secondary N) is 2. The third-order valence-corrected chi connectivity index (χ3v) is 3.19. The summed E-state index contributed by atoms with van der Waals surface area (Å²) in [6.45, 7) is 4.51. The van der Waals surface area contributed by atoms with Crippen molar-refractivity contribution in [1.29, 1.82) is 0 Å². The molecular weight excluding hydrogens is 263 g/mol. The lowest BCUT2D eigenvalue weighted by atomic mass is 10.0. The number of para-hydroxylation sites is 1. The summed E-state index contributed by atoms with van der Waals surface area (Å²) in [5.74, 6) is -1.72. The molecular formula is C14H19FN2O3. The number of aromatic carboxylic acids is 1. The summed E-state index contributed by atoms with van der Waals surface area (Å²) >= 11 is 0. The number of hydrogen-bond donors (Lipinski definition) is 3. The van der Waals surface area contributed by atoms with Crippen LogP contribution in [0.1, 0.15) is 37.0 Å². The van der Waals surface area contributed by atoms with Crippen molar-refractivity contribution < 1.29 is 19.1 Å². The van der Waals surface area contributed by atoms with E-state index < -0.39 is 17.8 Å². The lowest BCUT2D eigenvalue weighted by Crippen LogP contribution is -2.33. The lowest BCUT2D eigenvalue weighted by molar-refractivity contribution is 0.0697. The molecule has 1 rings (SSSR count). The molecule has 110 valence electrons. The predicted octanol–water partition coefficient (Wildman–Crippen LogP) is 3.08. The fraction of sp³-hybridized carbons (Fsp3) is 0.429. The Morgan fingerprint density at radius 3 is 2.50 bits per heavy atom. The van der Waals surface area contributed by atoms with Gasteiger partial charge in [0, 0.05) is 6.54 Å². The van der Waals surface area contributed by atoms with Crippen molar-refractivity contribution in [1.82, 2.24) is 5.32 Å². The minimum atomic E-state index is -1.29. The number of benzene rings is 1. The second kappa shape index (κ2) is 7.47. The Morgan fingerprint density at radius 1 is 1.30 bits per heavy atom. The zero-order valence-corrected chi connectivity index (χ0v) is 11.6. The number of amides is 2. The van der Waals surface area contributed by atoms with Crippen LogP contribution in [-0.4, -0.2) is 23.7 Å². The van der Waals surface area contributed by atoms with E-state index in [0.717, 1.165) is 18.9 Å². The van der Waals surface area contributed by atoms with Crippen LogP contribution in [0.4, 0.5) is 14.9 Å². The van der Waals surface area contributed by atoms with Gasteiger partial charge in [-0.25, -0.2) is 14.0 Å². The molecule has 2 amide bonds. The summed E-state index contributed by atoms with van der Waals surface area (Å²) in [7, 11) is 0. The third-order valence-electron chi connectivity index (χ3n) is 3.19. The average Bonchev–Trinajstić information content (AvgIpc) is 2.42. The normalized spacial score (nSPS) is 10.4. The van der Waals surface area contributed by atoms with Crippen LogP contribution in [0.5, 0.6) is 0 Å². The van der Waals surface area contributed by atoms with E-state index >= 15 is 0 Å². The first kappa shape index (κ1) is 15.9. The second-order valence-electron chi connectivity index (χ2n) is 4.49. The first-order valence-corrected chi connectivity index (χ1v) is 6.56. The van der Waals surface area contributed by atoms with E-state index in [1.54, 1.807) is 0 Å². The minimum absolute atomic E-state index is 0.275. The molecule has 0 spiro atoms. The van der Waals surface area contributed by atoms with Crippen LogP contribution < -0.4 is 10.6 Å². The molecule has 0 unspecified atom stereocenters. The lowest BCUT2D eigenvalue weighted by Gasteiger charge is -2.15. The molecule has 0 heterocycles. The Morgan fingerprint density at radius 2 is 1.95 bits per heavy atom. The van der Waals surface area contributed by atoms with Crippen LogP contribution in [0.25, 0.3) is 0 Å². The highest BCUT2D eigenvalue weighted by Gasteiger charge is 2.16. The second-order valence-corrected chi connectivity index (χ2v) is 4.49. The van der Waals surface area contributed by atoms with Gasteiger partial charge in [-0.2, -0.15) is 0 Å². The van der Waals surface area contributed by atoms with E-state index in [1.807, 2.05) is 13.8 Å². The van der Waals surface area contributed by atoms with E-state index in [9.17, 15) is 14.0 Å². The number of carboxylic acids is 1. The van der Waals surface area contributed by atoms with Crippen LogP contribution in [-0.2, 0) is 0 Å². The fourth-order valence-corrected chi connectivity index (χ4v) is 1.80. The highest BCUT2D eigenvalue weighted by molar-refractivity contribution is 6.00. The molecule has 5 nitrogen and oxygen atoms in total. The number of rotatable bonds is 6. The van der Waals surface area contributed by atoms with Crippen molar-refractivity contribution in [3.05, 3.63) is 29.6 Å². The van der Waals surface area contributed by atoms with Gasteiger partial charge >= 0.3 is 12.0 Å².